The number of nitrogens with zero attached hydrogens (tertiary/aromatic N) is 1. The standard InChI is InChI=1S/C18H12Cl2N2O2/c19-16-3-1-2-15(17(16)20)18(23)22-12-4-6-13(7-5-12)24-14-8-10-21-11-9-14/h1-11H,(H,22,23). The van der Waals surface area contributed by atoms with E-state index in [4.69, 9.17) is 27.9 Å². The predicted molar refractivity (Wildman–Crippen MR) is 95.2 cm³/mol. The molecule has 3 aromatic rings. The zero-order chi connectivity index (χ0) is 16.9. The molecule has 1 N–H and O–H groups in total. The van der Waals surface area contributed by atoms with Crippen molar-refractivity contribution in [1.29, 1.82) is 0 Å². The minimum atomic E-state index is -0.328. The lowest BCUT2D eigenvalue weighted by molar-refractivity contribution is 0.102. The van der Waals surface area contributed by atoms with Crippen LogP contribution in [0.1, 0.15) is 10.4 Å². The van der Waals surface area contributed by atoms with Gasteiger partial charge in [-0.15, -0.1) is 0 Å². The number of amides is 1. The second kappa shape index (κ2) is 7.34. The van der Waals surface area contributed by atoms with Crippen LogP contribution in [0.25, 0.3) is 0 Å². The summed E-state index contributed by atoms with van der Waals surface area (Å²) in [6.07, 6.45) is 3.30. The van der Waals surface area contributed by atoms with Crippen molar-refractivity contribution in [2.75, 3.05) is 5.32 Å². The van der Waals surface area contributed by atoms with Gasteiger partial charge >= 0.3 is 0 Å². The quantitative estimate of drug-likeness (QED) is 0.676. The summed E-state index contributed by atoms with van der Waals surface area (Å²) in [6.45, 7) is 0. The number of carbonyl (C=O) groups excluding carboxylic acids is 1. The van der Waals surface area contributed by atoms with E-state index >= 15 is 0 Å². The van der Waals surface area contributed by atoms with Gasteiger partial charge in [-0.3, -0.25) is 9.78 Å². The molecule has 0 bridgehead atoms. The summed E-state index contributed by atoms with van der Waals surface area (Å²) in [5.41, 5.74) is 0.944. The van der Waals surface area contributed by atoms with Gasteiger partial charge in [0.05, 0.1) is 15.6 Å². The topological polar surface area (TPSA) is 51.2 Å². The van der Waals surface area contributed by atoms with Crippen LogP contribution in [0.4, 0.5) is 5.69 Å². The maximum absolute atomic E-state index is 12.3. The molecule has 0 saturated carbocycles. The Bertz CT molecular complexity index is 853. The lowest BCUT2D eigenvalue weighted by atomic mass is 10.2. The first-order valence-corrected chi connectivity index (χ1v) is 7.82. The van der Waals surface area contributed by atoms with Gasteiger partial charge in [0.25, 0.3) is 5.91 Å². The molecule has 2 aromatic carbocycles. The third-order valence-corrected chi connectivity index (χ3v) is 4.01. The highest BCUT2D eigenvalue weighted by atomic mass is 35.5. The molecule has 0 spiro atoms. The molecule has 0 saturated heterocycles. The molecule has 120 valence electrons. The monoisotopic (exact) mass is 358 g/mol. The van der Waals surface area contributed by atoms with E-state index in [2.05, 4.69) is 10.3 Å². The SMILES string of the molecule is O=C(Nc1ccc(Oc2ccncc2)cc1)c1cccc(Cl)c1Cl. The Morgan fingerprint density at radius 3 is 2.29 bits per heavy atom. The third-order valence-electron chi connectivity index (χ3n) is 3.19. The maximum atomic E-state index is 12.3. The Hall–Kier alpha value is -2.56. The van der Waals surface area contributed by atoms with E-state index in [1.54, 1.807) is 67.0 Å². The number of benzene rings is 2. The number of halogens is 2. The molecule has 0 fully saturated rings. The number of pyridine rings is 1. The van der Waals surface area contributed by atoms with Gasteiger partial charge in [-0.05, 0) is 48.5 Å². The molecule has 0 radical (unpaired) electrons. The molecule has 0 unspecified atom stereocenters. The van der Waals surface area contributed by atoms with E-state index in [1.165, 1.54) is 0 Å². The van der Waals surface area contributed by atoms with Crippen LogP contribution in [0, 0.1) is 0 Å². The van der Waals surface area contributed by atoms with E-state index in [9.17, 15) is 4.79 Å². The Kier molecular flexibility index (Phi) is 4.99. The highest BCUT2D eigenvalue weighted by Gasteiger charge is 2.12. The lowest BCUT2D eigenvalue weighted by Crippen LogP contribution is -2.12. The molecule has 1 aromatic heterocycles. The van der Waals surface area contributed by atoms with Crippen LogP contribution in [0.2, 0.25) is 10.0 Å². The summed E-state index contributed by atoms with van der Waals surface area (Å²) in [4.78, 5) is 16.2. The summed E-state index contributed by atoms with van der Waals surface area (Å²) in [5.74, 6) is 1.01. The van der Waals surface area contributed by atoms with Crippen molar-refractivity contribution in [3.63, 3.8) is 0 Å². The second-order valence-corrected chi connectivity index (χ2v) is 5.65. The zero-order valence-electron chi connectivity index (χ0n) is 12.4. The van der Waals surface area contributed by atoms with Crippen LogP contribution in [-0.4, -0.2) is 10.9 Å². The summed E-state index contributed by atoms with van der Waals surface area (Å²) in [7, 11) is 0. The van der Waals surface area contributed by atoms with Gasteiger partial charge in [0, 0.05) is 18.1 Å². The molecule has 0 atom stereocenters. The molecular formula is C18H12Cl2N2O2. The second-order valence-electron chi connectivity index (χ2n) is 4.86. The van der Waals surface area contributed by atoms with Gasteiger partial charge in [-0.1, -0.05) is 29.3 Å². The van der Waals surface area contributed by atoms with E-state index < -0.39 is 0 Å². The minimum absolute atomic E-state index is 0.231. The molecule has 4 nitrogen and oxygen atoms in total. The van der Waals surface area contributed by atoms with Crippen LogP contribution in [0.3, 0.4) is 0 Å². The van der Waals surface area contributed by atoms with Gasteiger partial charge in [-0.25, -0.2) is 0 Å². The number of anilines is 1. The predicted octanol–water partition coefficient (Wildman–Crippen LogP) is 5.43. The lowest BCUT2D eigenvalue weighted by Gasteiger charge is -2.09. The summed E-state index contributed by atoms with van der Waals surface area (Å²) < 4.78 is 5.67. The molecule has 0 aliphatic rings. The van der Waals surface area contributed by atoms with Crippen molar-refractivity contribution in [2.45, 2.75) is 0 Å². The molecule has 1 heterocycles. The van der Waals surface area contributed by atoms with Crippen LogP contribution >= 0.6 is 23.2 Å². The van der Waals surface area contributed by atoms with Crippen molar-refractivity contribution in [3.8, 4) is 11.5 Å². The first-order chi connectivity index (χ1) is 11.6. The molecule has 0 aliphatic carbocycles. The summed E-state index contributed by atoms with van der Waals surface area (Å²) in [5, 5.41) is 3.34. The first-order valence-electron chi connectivity index (χ1n) is 7.07. The number of carbonyl (C=O) groups is 1. The molecule has 24 heavy (non-hydrogen) atoms. The van der Waals surface area contributed by atoms with Crippen LogP contribution in [0.15, 0.2) is 67.0 Å². The minimum Gasteiger partial charge on any atom is -0.457 e. The largest absolute Gasteiger partial charge is 0.457 e. The van der Waals surface area contributed by atoms with Crippen LogP contribution < -0.4 is 10.1 Å². The van der Waals surface area contributed by atoms with Crippen molar-refractivity contribution in [1.82, 2.24) is 4.98 Å². The smallest absolute Gasteiger partial charge is 0.257 e. The van der Waals surface area contributed by atoms with Gasteiger partial charge < -0.3 is 10.1 Å². The van der Waals surface area contributed by atoms with E-state index in [0.717, 1.165) is 0 Å². The number of hydrogen-bond acceptors (Lipinski definition) is 3. The fourth-order valence-electron chi connectivity index (χ4n) is 2.03. The van der Waals surface area contributed by atoms with Gasteiger partial charge in [0.2, 0.25) is 0 Å². The number of hydrogen-bond donors (Lipinski definition) is 1. The van der Waals surface area contributed by atoms with Crippen molar-refractivity contribution in [3.05, 3.63) is 82.6 Å². The van der Waals surface area contributed by atoms with Crippen molar-refractivity contribution in [2.24, 2.45) is 0 Å². The number of rotatable bonds is 4. The van der Waals surface area contributed by atoms with E-state index in [-0.39, 0.29) is 10.9 Å². The Labute approximate surface area is 149 Å². The number of aromatic nitrogens is 1. The molecule has 6 heteroatoms. The molecular weight excluding hydrogens is 347 g/mol. The average molecular weight is 359 g/mol. The molecule has 0 aliphatic heterocycles. The number of ether oxygens (including phenoxy) is 1. The summed E-state index contributed by atoms with van der Waals surface area (Å²) in [6, 6.07) is 15.4. The highest BCUT2D eigenvalue weighted by molar-refractivity contribution is 6.44. The van der Waals surface area contributed by atoms with E-state index in [0.29, 0.717) is 27.8 Å². The molecule has 3 rings (SSSR count). The fraction of sp³-hybridized carbons (Fsp3) is 0. The Morgan fingerprint density at radius 1 is 0.917 bits per heavy atom. The van der Waals surface area contributed by atoms with Gasteiger partial charge in [-0.2, -0.15) is 0 Å². The number of nitrogens with one attached hydrogen (secondary N) is 1. The van der Waals surface area contributed by atoms with Crippen LogP contribution in [0.5, 0.6) is 11.5 Å². The van der Waals surface area contributed by atoms with Crippen molar-refractivity contribution < 1.29 is 9.53 Å². The summed E-state index contributed by atoms with van der Waals surface area (Å²) >= 11 is 12.0. The maximum Gasteiger partial charge on any atom is 0.257 e. The van der Waals surface area contributed by atoms with Crippen molar-refractivity contribution >= 4 is 34.8 Å². The van der Waals surface area contributed by atoms with Crippen LogP contribution in [-0.2, 0) is 0 Å². The molecule has 1 amide bonds. The Morgan fingerprint density at radius 2 is 1.58 bits per heavy atom. The van der Waals surface area contributed by atoms with Gasteiger partial charge in [0.15, 0.2) is 0 Å². The highest BCUT2D eigenvalue weighted by Crippen LogP contribution is 2.27. The van der Waals surface area contributed by atoms with E-state index in [1.807, 2.05) is 0 Å². The third kappa shape index (κ3) is 3.85. The Balaban J connectivity index is 1.70. The average Bonchev–Trinajstić information content (AvgIpc) is 2.60. The zero-order valence-corrected chi connectivity index (χ0v) is 13.9. The first kappa shape index (κ1) is 16.3. The fourth-order valence-corrected chi connectivity index (χ4v) is 2.41. The normalized spacial score (nSPS) is 10.2. The van der Waals surface area contributed by atoms with Gasteiger partial charge in [0.1, 0.15) is 11.5 Å².